The van der Waals surface area contributed by atoms with Gasteiger partial charge in [-0.25, -0.2) is 0 Å². The van der Waals surface area contributed by atoms with Crippen molar-refractivity contribution in [1.29, 1.82) is 0 Å². The van der Waals surface area contributed by atoms with Crippen LogP contribution in [0.2, 0.25) is 0 Å². The van der Waals surface area contributed by atoms with Gasteiger partial charge in [0, 0.05) is 29.5 Å². The number of ether oxygens (including phenoxy) is 1. The lowest BCUT2D eigenvalue weighted by Gasteiger charge is -2.52. The second-order valence-corrected chi connectivity index (χ2v) is 6.22. The van der Waals surface area contributed by atoms with E-state index >= 15 is 0 Å². The molecular formula is C17H20N2O. The Balaban J connectivity index is 1.65. The molecular weight excluding hydrogens is 248 g/mol. The van der Waals surface area contributed by atoms with Gasteiger partial charge in [0.25, 0.3) is 0 Å². The normalized spacial score (nSPS) is 27.6. The number of para-hydroxylation sites is 1. The van der Waals surface area contributed by atoms with E-state index in [0.29, 0.717) is 6.04 Å². The standard InChI is InChI=1S/C17H20N2O/c18-14-11-15(17(14)8-1-2-9-17)20-13-7-3-5-12-6-4-10-19-16(12)13/h3-7,10,14-15H,1-2,8-9,11,18H2. The fourth-order valence-electron chi connectivity index (χ4n) is 3.99. The van der Waals surface area contributed by atoms with Crippen molar-refractivity contribution < 1.29 is 4.74 Å². The van der Waals surface area contributed by atoms with Crippen LogP contribution in [0.4, 0.5) is 0 Å². The Morgan fingerprint density at radius 1 is 1.15 bits per heavy atom. The molecule has 2 saturated carbocycles. The topological polar surface area (TPSA) is 48.1 Å². The van der Waals surface area contributed by atoms with Crippen LogP contribution < -0.4 is 10.5 Å². The van der Waals surface area contributed by atoms with Crippen LogP contribution in [0.1, 0.15) is 32.1 Å². The third kappa shape index (κ3) is 1.66. The Morgan fingerprint density at radius 3 is 2.75 bits per heavy atom. The van der Waals surface area contributed by atoms with Crippen LogP contribution in [0.25, 0.3) is 10.9 Å². The predicted octanol–water partition coefficient (Wildman–Crippen LogP) is 3.27. The first-order valence-electron chi connectivity index (χ1n) is 7.56. The molecule has 4 rings (SSSR count). The summed E-state index contributed by atoms with van der Waals surface area (Å²) in [6, 6.07) is 10.5. The fraction of sp³-hybridized carbons (Fsp3) is 0.471. The third-order valence-electron chi connectivity index (χ3n) is 5.25. The Morgan fingerprint density at radius 2 is 1.95 bits per heavy atom. The Kier molecular flexibility index (Phi) is 2.71. The van der Waals surface area contributed by atoms with E-state index in [-0.39, 0.29) is 11.5 Å². The van der Waals surface area contributed by atoms with Gasteiger partial charge in [0.15, 0.2) is 0 Å². The molecule has 0 bridgehead atoms. The van der Waals surface area contributed by atoms with E-state index in [1.165, 1.54) is 25.7 Å². The maximum absolute atomic E-state index is 6.33. The van der Waals surface area contributed by atoms with Crippen molar-refractivity contribution in [1.82, 2.24) is 4.98 Å². The van der Waals surface area contributed by atoms with E-state index in [9.17, 15) is 0 Å². The molecule has 0 amide bonds. The van der Waals surface area contributed by atoms with Crippen LogP contribution in [-0.2, 0) is 0 Å². The summed E-state index contributed by atoms with van der Waals surface area (Å²) in [5.74, 6) is 0.909. The number of benzene rings is 1. The molecule has 0 radical (unpaired) electrons. The largest absolute Gasteiger partial charge is 0.487 e. The monoisotopic (exact) mass is 268 g/mol. The minimum Gasteiger partial charge on any atom is -0.487 e. The van der Waals surface area contributed by atoms with Gasteiger partial charge in [-0.2, -0.15) is 0 Å². The first kappa shape index (κ1) is 12.2. The van der Waals surface area contributed by atoms with Gasteiger partial charge in [-0.15, -0.1) is 0 Å². The van der Waals surface area contributed by atoms with Crippen molar-refractivity contribution in [2.75, 3.05) is 0 Å². The van der Waals surface area contributed by atoms with Crippen molar-refractivity contribution in [2.24, 2.45) is 11.1 Å². The number of rotatable bonds is 2. The average molecular weight is 268 g/mol. The quantitative estimate of drug-likeness (QED) is 0.909. The summed E-state index contributed by atoms with van der Waals surface area (Å²) < 4.78 is 6.33. The molecule has 1 aromatic carbocycles. The Labute approximate surface area is 119 Å². The maximum Gasteiger partial charge on any atom is 0.145 e. The highest BCUT2D eigenvalue weighted by molar-refractivity contribution is 5.84. The molecule has 2 atom stereocenters. The van der Waals surface area contributed by atoms with E-state index in [0.717, 1.165) is 23.1 Å². The summed E-state index contributed by atoms with van der Waals surface area (Å²) in [4.78, 5) is 4.47. The van der Waals surface area contributed by atoms with Gasteiger partial charge in [-0.3, -0.25) is 4.98 Å². The summed E-state index contributed by atoms with van der Waals surface area (Å²) >= 11 is 0. The highest BCUT2D eigenvalue weighted by Crippen LogP contribution is 2.54. The van der Waals surface area contributed by atoms with Gasteiger partial charge in [-0.05, 0) is 25.0 Å². The fourth-order valence-corrected chi connectivity index (χ4v) is 3.99. The molecule has 3 nitrogen and oxygen atoms in total. The lowest BCUT2D eigenvalue weighted by atomic mass is 9.61. The number of aromatic nitrogens is 1. The van der Waals surface area contributed by atoms with Crippen molar-refractivity contribution in [3.8, 4) is 5.75 Å². The lowest BCUT2D eigenvalue weighted by molar-refractivity contribution is -0.0613. The van der Waals surface area contributed by atoms with Gasteiger partial charge in [0.1, 0.15) is 17.4 Å². The number of hydrogen-bond acceptors (Lipinski definition) is 3. The molecule has 1 aromatic heterocycles. The SMILES string of the molecule is NC1CC(Oc2cccc3cccnc23)C12CCCC2. The van der Waals surface area contributed by atoms with Crippen LogP contribution in [0.5, 0.6) is 5.75 Å². The molecule has 104 valence electrons. The molecule has 1 heterocycles. The van der Waals surface area contributed by atoms with Crippen molar-refractivity contribution >= 4 is 10.9 Å². The molecule has 2 fully saturated rings. The molecule has 1 spiro atoms. The Hall–Kier alpha value is -1.61. The number of fused-ring (bicyclic) bond motifs is 1. The van der Waals surface area contributed by atoms with E-state index in [2.05, 4.69) is 17.1 Å². The van der Waals surface area contributed by atoms with Crippen LogP contribution >= 0.6 is 0 Å². The van der Waals surface area contributed by atoms with E-state index < -0.39 is 0 Å². The number of nitrogens with zero attached hydrogens (tertiary/aromatic N) is 1. The molecule has 0 aliphatic heterocycles. The number of pyridine rings is 1. The summed E-state index contributed by atoms with van der Waals surface area (Å²) in [6.45, 7) is 0. The van der Waals surface area contributed by atoms with Crippen LogP contribution in [-0.4, -0.2) is 17.1 Å². The maximum atomic E-state index is 6.33. The highest BCUT2D eigenvalue weighted by Gasteiger charge is 2.56. The first-order valence-corrected chi connectivity index (χ1v) is 7.56. The zero-order chi connectivity index (χ0) is 13.6. The summed E-state index contributed by atoms with van der Waals surface area (Å²) in [5, 5.41) is 1.13. The molecule has 3 heteroatoms. The van der Waals surface area contributed by atoms with Crippen molar-refractivity contribution in [3.63, 3.8) is 0 Å². The van der Waals surface area contributed by atoms with E-state index in [1.807, 2.05) is 24.4 Å². The molecule has 2 unspecified atom stereocenters. The van der Waals surface area contributed by atoms with Crippen LogP contribution in [0, 0.1) is 5.41 Å². The minimum atomic E-state index is 0.233. The second-order valence-electron chi connectivity index (χ2n) is 6.22. The molecule has 2 N–H and O–H groups in total. The average Bonchev–Trinajstić information content (AvgIpc) is 3.00. The second kappa shape index (κ2) is 4.45. The first-order chi connectivity index (χ1) is 9.79. The van der Waals surface area contributed by atoms with Gasteiger partial charge in [0.05, 0.1) is 0 Å². The predicted molar refractivity (Wildman–Crippen MR) is 79.7 cm³/mol. The van der Waals surface area contributed by atoms with Crippen LogP contribution in [0.3, 0.4) is 0 Å². The summed E-state index contributed by atoms with van der Waals surface area (Å²) in [5.41, 5.74) is 7.47. The van der Waals surface area contributed by atoms with E-state index in [1.54, 1.807) is 0 Å². The smallest absolute Gasteiger partial charge is 0.145 e. The zero-order valence-corrected chi connectivity index (χ0v) is 11.6. The molecule has 0 saturated heterocycles. The molecule has 2 aliphatic rings. The number of nitrogens with two attached hydrogens (primary N) is 1. The lowest BCUT2D eigenvalue weighted by Crippen LogP contribution is -2.62. The minimum absolute atomic E-state index is 0.233. The van der Waals surface area contributed by atoms with Gasteiger partial charge >= 0.3 is 0 Å². The Bertz CT molecular complexity index is 628. The molecule has 20 heavy (non-hydrogen) atoms. The summed E-state index contributed by atoms with van der Waals surface area (Å²) in [6.07, 6.45) is 8.10. The van der Waals surface area contributed by atoms with Gasteiger partial charge in [0.2, 0.25) is 0 Å². The van der Waals surface area contributed by atoms with E-state index in [4.69, 9.17) is 10.5 Å². The van der Waals surface area contributed by atoms with Crippen molar-refractivity contribution in [3.05, 3.63) is 36.5 Å². The van der Waals surface area contributed by atoms with Gasteiger partial charge in [-0.1, -0.05) is 31.0 Å². The molecule has 2 aromatic rings. The number of hydrogen-bond donors (Lipinski definition) is 1. The summed E-state index contributed by atoms with van der Waals surface area (Å²) in [7, 11) is 0. The highest BCUT2D eigenvalue weighted by atomic mass is 16.5. The van der Waals surface area contributed by atoms with Crippen molar-refractivity contribution in [2.45, 2.75) is 44.2 Å². The van der Waals surface area contributed by atoms with Gasteiger partial charge < -0.3 is 10.5 Å². The third-order valence-corrected chi connectivity index (χ3v) is 5.25. The zero-order valence-electron chi connectivity index (χ0n) is 11.6. The van der Waals surface area contributed by atoms with Crippen LogP contribution in [0.15, 0.2) is 36.5 Å². The molecule has 2 aliphatic carbocycles.